The molecule has 0 fully saturated rings. The fourth-order valence-corrected chi connectivity index (χ4v) is 4.73. The molecule has 0 N–H and O–H groups in total. The van der Waals surface area contributed by atoms with Crippen LogP contribution in [-0.2, 0) is 32.9 Å². The van der Waals surface area contributed by atoms with Crippen LogP contribution in [-0.4, -0.2) is 9.55 Å². The zero-order valence-electron chi connectivity index (χ0n) is 19.6. The van der Waals surface area contributed by atoms with Crippen LogP contribution in [0.4, 0.5) is 0 Å². The van der Waals surface area contributed by atoms with Crippen molar-refractivity contribution in [1.29, 1.82) is 0 Å². The van der Waals surface area contributed by atoms with E-state index in [2.05, 4.69) is 74.9 Å². The number of aromatic nitrogens is 2. The Morgan fingerprint density at radius 2 is 1.70 bits per heavy atom. The molecule has 0 aliphatic rings. The zero-order chi connectivity index (χ0) is 22.2. The second-order valence-electron chi connectivity index (χ2n) is 9.43. The Bertz CT molecular complexity index is 1380. The second-order valence-corrected chi connectivity index (χ2v) is 9.43. The molecular weight excluding hydrogens is 585 g/mol. The molecule has 5 rings (SSSR count). The molecule has 0 spiro atoms. The Morgan fingerprint density at radius 3 is 2.42 bits per heavy atom. The molecule has 3 aromatic carbocycles. The first-order chi connectivity index (χ1) is 15.5. The Balaban J connectivity index is 0.00000259. The predicted octanol–water partition coefficient (Wildman–Crippen LogP) is 7.63. The number of imidazole rings is 1. The number of nitrogens with zero attached hydrogens (tertiary/aromatic N) is 2. The molecule has 0 amide bonds. The van der Waals surface area contributed by atoms with Crippen LogP contribution in [0.15, 0.2) is 71.4 Å². The van der Waals surface area contributed by atoms with E-state index in [1.807, 2.05) is 30.5 Å². The van der Waals surface area contributed by atoms with Gasteiger partial charge in [-0.25, -0.2) is 0 Å². The normalized spacial score (nSPS) is 11.6. The van der Waals surface area contributed by atoms with Gasteiger partial charge in [0.25, 0.3) is 0 Å². The van der Waals surface area contributed by atoms with Crippen LogP contribution < -0.4 is 0 Å². The molecule has 0 bridgehead atoms. The summed E-state index contributed by atoms with van der Waals surface area (Å²) in [7, 11) is 0. The average molecular weight is 614 g/mol. The van der Waals surface area contributed by atoms with Crippen LogP contribution >= 0.6 is 0 Å². The molecule has 0 saturated heterocycles. The number of hydrogen-bond donors (Lipinski definition) is 0. The number of furan rings is 1. The summed E-state index contributed by atoms with van der Waals surface area (Å²) >= 11 is 0. The Kier molecular flexibility index (Phi) is 6.88. The van der Waals surface area contributed by atoms with E-state index in [1.54, 1.807) is 0 Å². The van der Waals surface area contributed by atoms with Gasteiger partial charge in [0.2, 0.25) is 0 Å². The summed E-state index contributed by atoms with van der Waals surface area (Å²) in [5.41, 5.74) is 6.82. The quantitative estimate of drug-likeness (QED) is 0.184. The Labute approximate surface area is 209 Å². The van der Waals surface area contributed by atoms with Gasteiger partial charge in [-0.05, 0) is 47.9 Å². The molecule has 3 nitrogen and oxygen atoms in total. The molecule has 33 heavy (non-hydrogen) atoms. The number of para-hydroxylation sites is 1. The fraction of sp³-hybridized carbons (Fsp3) is 0.276. The van der Waals surface area contributed by atoms with Gasteiger partial charge in [0.1, 0.15) is 11.2 Å². The molecule has 0 aliphatic carbocycles. The van der Waals surface area contributed by atoms with Crippen molar-refractivity contribution >= 4 is 21.9 Å². The van der Waals surface area contributed by atoms with E-state index in [-0.39, 0.29) is 20.1 Å². The molecular formula is C29H29IrN2O-. The van der Waals surface area contributed by atoms with Crippen LogP contribution in [0.1, 0.15) is 38.8 Å². The topological polar surface area (TPSA) is 31.0 Å². The van der Waals surface area contributed by atoms with Gasteiger partial charge < -0.3 is 8.98 Å². The molecule has 0 unspecified atom stereocenters. The van der Waals surface area contributed by atoms with Gasteiger partial charge in [0, 0.05) is 49.0 Å². The van der Waals surface area contributed by atoms with E-state index >= 15 is 0 Å². The fourth-order valence-electron chi connectivity index (χ4n) is 4.73. The van der Waals surface area contributed by atoms with Crippen molar-refractivity contribution in [1.82, 2.24) is 9.55 Å². The summed E-state index contributed by atoms with van der Waals surface area (Å²) in [6.45, 7) is 9.11. The maximum absolute atomic E-state index is 6.35. The van der Waals surface area contributed by atoms with Crippen LogP contribution in [0, 0.1) is 17.9 Å². The van der Waals surface area contributed by atoms with E-state index < -0.39 is 0 Å². The van der Waals surface area contributed by atoms with Gasteiger partial charge in [0.15, 0.2) is 0 Å². The molecule has 5 aromatic rings. The number of hydrogen-bond acceptors (Lipinski definition) is 2. The maximum Gasteiger partial charge on any atom is 0.136 e. The summed E-state index contributed by atoms with van der Waals surface area (Å²) in [4.78, 5) is 4.74. The minimum absolute atomic E-state index is 0. The molecule has 0 saturated carbocycles. The van der Waals surface area contributed by atoms with Gasteiger partial charge in [-0.2, -0.15) is 0 Å². The van der Waals surface area contributed by atoms with E-state index in [9.17, 15) is 0 Å². The Hall–Kier alpha value is -2.68. The first-order valence-electron chi connectivity index (χ1n) is 11.5. The standard InChI is InChI=1S/C29H29N2O.Ir/c1-19(2)16-22-18-26-27(23-12-8-9-13-25(23)32-26)24(17-20(3)4)28(22)31-15-14-30-29(31)21-10-6-5-7-11-21;/h5-10,12-15,18-20H,16-17H2,1-4H3;/q-1;. The molecule has 2 aromatic heterocycles. The van der Waals surface area contributed by atoms with E-state index in [0.29, 0.717) is 11.8 Å². The van der Waals surface area contributed by atoms with Crippen molar-refractivity contribution in [2.75, 3.05) is 0 Å². The molecule has 2 heterocycles. The van der Waals surface area contributed by atoms with Gasteiger partial charge in [-0.3, -0.25) is 4.98 Å². The summed E-state index contributed by atoms with van der Waals surface area (Å²) in [6, 6.07) is 22.1. The SMILES string of the molecule is CC(C)Cc1cc2oc3ccccc3c2c(CC(C)C)c1-n1ccnc1-c1[c-]cccc1.[Ir]. The molecule has 171 valence electrons. The zero-order valence-corrected chi connectivity index (χ0v) is 22.0. The third-order valence-corrected chi connectivity index (χ3v) is 5.89. The smallest absolute Gasteiger partial charge is 0.136 e. The van der Waals surface area contributed by atoms with E-state index in [0.717, 1.165) is 35.4 Å². The van der Waals surface area contributed by atoms with Gasteiger partial charge >= 0.3 is 0 Å². The molecule has 0 atom stereocenters. The predicted molar refractivity (Wildman–Crippen MR) is 132 cm³/mol. The summed E-state index contributed by atoms with van der Waals surface area (Å²) < 4.78 is 8.62. The van der Waals surface area contributed by atoms with E-state index in [1.165, 1.54) is 27.6 Å². The van der Waals surface area contributed by atoms with Crippen LogP contribution in [0.2, 0.25) is 0 Å². The van der Waals surface area contributed by atoms with Crippen LogP contribution in [0.5, 0.6) is 0 Å². The first-order valence-corrected chi connectivity index (χ1v) is 11.5. The minimum Gasteiger partial charge on any atom is -0.456 e. The van der Waals surface area contributed by atoms with Crippen molar-refractivity contribution in [2.45, 2.75) is 40.5 Å². The monoisotopic (exact) mass is 614 g/mol. The van der Waals surface area contributed by atoms with Crippen molar-refractivity contribution in [3.63, 3.8) is 0 Å². The molecule has 1 radical (unpaired) electrons. The Morgan fingerprint density at radius 1 is 0.939 bits per heavy atom. The third kappa shape index (κ3) is 4.43. The maximum atomic E-state index is 6.35. The number of rotatable bonds is 6. The second kappa shape index (κ2) is 9.67. The van der Waals surface area contributed by atoms with Crippen molar-refractivity contribution in [3.05, 3.63) is 84.2 Å². The molecule has 4 heteroatoms. The first kappa shape index (κ1) is 23.5. The average Bonchev–Trinajstić information content (AvgIpc) is 3.38. The number of benzene rings is 3. The molecule has 0 aliphatic heterocycles. The van der Waals surface area contributed by atoms with Crippen molar-refractivity contribution in [3.8, 4) is 17.1 Å². The van der Waals surface area contributed by atoms with Crippen LogP contribution in [0.3, 0.4) is 0 Å². The van der Waals surface area contributed by atoms with Gasteiger partial charge in [-0.15, -0.1) is 35.9 Å². The van der Waals surface area contributed by atoms with Gasteiger partial charge in [-0.1, -0.05) is 45.9 Å². The summed E-state index contributed by atoms with van der Waals surface area (Å²) in [5, 5.41) is 2.41. The van der Waals surface area contributed by atoms with Crippen LogP contribution in [0.25, 0.3) is 39.0 Å². The number of fused-ring (bicyclic) bond motifs is 3. The summed E-state index contributed by atoms with van der Waals surface area (Å²) in [6.07, 6.45) is 5.93. The largest absolute Gasteiger partial charge is 0.456 e. The van der Waals surface area contributed by atoms with Crippen molar-refractivity contribution < 1.29 is 24.5 Å². The summed E-state index contributed by atoms with van der Waals surface area (Å²) in [5.74, 6) is 1.96. The van der Waals surface area contributed by atoms with E-state index in [4.69, 9.17) is 9.40 Å². The minimum atomic E-state index is 0. The van der Waals surface area contributed by atoms with Gasteiger partial charge in [0.05, 0.1) is 5.82 Å². The van der Waals surface area contributed by atoms with Crippen molar-refractivity contribution in [2.24, 2.45) is 11.8 Å². The third-order valence-electron chi connectivity index (χ3n) is 5.89.